The SMILES string of the molecule is Cn1c(Nc2ccc(F)c(F)c2)nc2ccccc21. The van der Waals surface area contributed by atoms with Gasteiger partial charge in [-0.15, -0.1) is 0 Å². The maximum Gasteiger partial charge on any atom is 0.208 e. The summed E-state index contributed by atoms with van der Waals surface area (Å²) < 4.78 is 27.9. The number of nitrogens with zero attached hydrogens (tertiary/aromatic N) is 2. The largest absolute Gasteiger partial charge is 0.325 e. The number of halogens is 2. The van der Waals surface area contributed by atoms with Crippen LogP contribution in [-0.4, -0.2) is 9.55 Å². The second-order valence-electron chi connectivity index (χ2n) is 4.24. The molecule has 1 N–H and O–H groups in total. The van der Waals surface area contributed by atoms with E-state index in [0.29, 0.717) is 11.6 Å². The first-order valence-electron chi connectivity index (χ1n) is 5.78. The van der Waals surface area contributed by atoms with E-state index < -0.39 is 11.6 Å². The Morgan fingerprint density at radius 3 is 2.58 bits per heavy atom. The van der Waals surface area contributed by atoms with Crippen molar-refractivity contribution in [3.05, 3.63) is 54.1 Å². The molecule has 0 aliphatic carbocycles. The molecule has 0 spiro atoms. The van der Waals surface area contributed by atoms with Crippen molar-refractivity contribution in [1.29, 1.82) is 0 Å². The number of nitrogens with one attached hydrogen (secondary N) is 1. The number of anilines is 2. The van der Waals surface area contributed by atoms with Crippen LogP contribution in [0.1, 0.15) is 0 Å². The van der Waals surface area contributed by atoms with Gasteiger partial charge in [-0.2, -0.15) is 0 Å². The molecule has 0 aliphatic heterocycles. The Morgan fingerprint density at radius 2 is 1.84 bits per heavy atom. The molecule has 0 saturated carbocycles. The van der Waals surface area contributed by atoms with Crippen molar-refractivity contribution in [3.8, 4) is 0 Å². The van der Waals surface area contributed by atoms with Crippen LogP contribution in [0, 0.1) is 11.6 Å². The van der Waals surface area contributed by atoms with Gasteiger partial charge in [0.25, 0.3) is 0 Å². The summed E-state index contributed by atoms with van der Waals surface area (Å²) in [4.78, 5) is 4.40. The molecule has 1 heterocycles. The molecule has 3 rings (SSSR count). The lowest BCUT2D eigenvalue weighted by atomic mass is 10.3. The molecule has 2 aromatic carbocycles. The third-order valence-electron chi connectivity index (χ3n) is 2.96. The van der Waals surface area contributed by atoms with Gasteiger partial charge in [0.2, 0.25) is 5.95 Å². The maximum absolute atomic E-state index is 13.1. The highest BCUT2D eigenvalue weighted by Gasteiger charge is 2.08. The van der Waals surface area contributed by atoms with Gasteiger partial charge in [0.05, 0.1) is 11.0 Å². The molecule has 1 aromatic heterocycles. The number of fused-ring (bicyclic) bond motifs is 1. The van der Waals surface area contributed by atoms with Gasteiger partial charge in [-0.3, -0.25) is 0 Å². The van der Waals surface area contributed by atoms with E-state index in [1.54, 1.807) is 0 Å². The molecule has 0 unspecified atom stereocenters. The molecule has 0 fully saturated rings. The van der Waals surface area contributed by atoms with E-state index in [4.69, 9.17) is 0 Å². The molecule has 3 nitrogen and oxygen atoms in total. The van der Waals surface area contributed by atoms with Crippen LogP contribution in [0.2, 0.25) is 0 Å². The van der Waals surface area contributed by atoms with Crippen LogP contribution < -0.4 is 5.32 Å². The van der Waals surface area contributed by atoms with E-state index >= 15 is 0 Å². The van der Waals surface area contributed by atoms with Crippen molar-refractivity contribution >= 4 is 22.7 Å². The Labute approximate surface area is 108 Å². The summed E-state index contributed by atoms with van der Waals surface area (Å²) in [6.45, 7) is 0. The first-order valence-corrected chi connectivity index (χ1v) is 5.78. The minimum Gasteiger partial charge on any atom is -0.325 e. The van der Waals surface area contributed by atoms with E-state index in [-0.39, 0.29) is 0 Å². The van der Waals surface area contributed by atoms with Crippen LogP contribution in [0.3, 0.4) is 0 Å². The minimum absolute atomic E-state index is 0.456. The maximum atomic E-state index is 13.1. The number of imidazole rings is 1. The summed E-state index contributed by atoms with van der Waals surface area (Å²) in [5.74, 6) is -1.17. The zero-order chi connectivity index (χ0) is 13.4. The molecule has 0 aliphatic rings. The third-order valence-corrected chi connectivity index (χ3v) is 2.96. The normalized spacial score (nSPS) is 10.9. The van der Waals surface area contributed by atoms with Gasteiger partial charge >= 0.3 is 0 Å². The second-order valence-corrected chi connectivity index (χ2v) is 4.24. The first-order chi connectivity index (χ1) is 9.15. The molecule has 19 heavy (non-hydrogen) atoms. The molecular formula is C14H11F2N3. The van der Waals surface area contributed by atoms with Crippen LogP contribution in [-0.2, 0) is 7.05 Å². The highest BCUT2D eigenvalue weighted by atomic mass is 19.2. The fraction of sp³-hybridized carbons (Fsp3) is 0.0714. The predicted octanol–water partition coefficient (Wildman–Crippen LogP) is 3.60. The highest BCUT2D eigenvalue weighted by Crippen LogP contribution is 2.22. The Balaban J connectivity index is 2.01. The second kappa shape index (κ2) is 4.35. The van der Waals surface area contributed by atoms with E-state index in [1.807, 2.05) is 35.9 Å². The number of para-hydroxylation sites is 2. The monoisotopic (exact) mass is 259 g/mol. The summed E-state index contributed by atoms with van der Waals surface area (Å²) in [6.07, 6.45) is 0. The van der Waals surface area contributed by atoms with Crippen LogP contribution >= 0.6 is 0 Å². The van der Waals surface area contributed by atoms with Crippen LogP contribution in [0.4, 0.5) is 20.4 Å². The lowest BCUT2D eigenvalue weighted by Gasteiger charge is -2.06. The Bertz CT molecular complexity index is 750. The van der Waals surface area contributed by atoms with E-state index in [2.05, 4.69) is 10.3 Å². The lowest BCUT2D eigenvalue weighted by Crippen LogP contribution is -1.99. The van der Waals surface area contributed by atoms with Crippen LogP contribution in [0.15, 0.2) is 42.5 Å². The van der Waals surface area contributed by atoms with Gasteiger partial charge in [-0.1, -0.05) is 12.1 Å². The van der Waals surface area contributed by atoms with Crippen LogP contribution in [0.5, 0.6) is 0 Å². The van der Waals surface area contributed by atoms with E-state index in [0.717, 1.165) is 23.2 Å². The molecule has 0 atom stereocenters. The molecule has 0 radical (unpaired) electrons. The fourth-order valence-corrected chi connectivity index (χ4v) is 1.96. The van der Waals surface area contributed by atoms with Crippen molar-refractivity contribution in [1.82, 2.24) is 9.55 Å². The minimum atomic E-state index is -0.885. The molecule has 3 aromatic rings. The third kappa shape index (κ3) is 2.03. The van der Waals surface area contributed by atoms with Gasteiger partial charge in [-0.05, 0) is 24.3 Å². The van der Waals surface area contributed by atoms with Crippen LogP contribution in [0.25, 0.3) is 11.0 Å². The van der Waals surface area contributed by atoms with Crippen molar-refractivity contribution in [2.24, 2.45) is 7.05 Å². The smallest absolute Gasteiger partial charge is 0.208 e. The number of aryl methyl sites for hydroxylation is 1. The van der Waals surface area contributed by atoms with Gasteiger partial charge in [-0.25, -0.2) is 13.8 Å². The van der Waals surface area contributed by atoms with E-state index in [9.17, 15) is 8.78 Å². The average Bonchev–Trinajstić information content (AvgIpc) is 2.72. The van der Waals surface area contributed by atoms with Gasteiger partial charge in [0.1, 0.15) is 0 Å². The zero-order valence-corrected chi connectivity index (χ0v) is 10.2. The molecule has 0 bridgehead atoms. The Morgan fingerprint density at radius 1 is 1.05 bits per heavy atom. The van der Waals surface area contributed by atoms with Crippen molar-refractivity contribution in [3.63, 3.8) is 0 Å². The number of hydrogen-bond donors (Lipinski definition) is 1. The first kappa shape index (κ1) is 11.6. The molecular weight excluding hydrogens is 248 g/mol. The zero-order valence-electron chi connectivity index (χ0n) is 10.2. The van der Waals surface area contributed by atoms with Crippen molar-refractivity contribution < 1.29 is 8.78 Å². The predicted molar refractivity (Wildman–Crippen MR) is 70.4 cm³/mol. The van der Waals surface area contributed by atoms with E-state index in [1.165, 1.54) is 6.07 Å². The number of aromatic nitrogens is 2. The summed E-state index contributed by atoms with van der Waals surface area (Å²) in [5.41, 5.74) is 2.26. The molecule has 0 saturated heterocycles. The van der Waals surface area contributed by atoms with Crippen molar-refractivity contribution in [2.75, 3.05) is 5.32 Å². The van der Waals surface area contributed by atoms with Gasteiger partial charge in [0.15, 0.2) is 11.6 Å². The lowest BCUT2D eigenvalue weighted by molar-refractivity contribution is 0.509. The quantitative estimate of drug-likeness (QED) is 0.762. The Hall–Kier alpha value is -2.43. The topological polar surface area (TPSA) is 29.9 Å². The summed E-state index contributed by atoms with van der Waals surface area (Å²) in [7, 11) is 1.86. The highest BCUT2D eigenvalue weighted by molar-refractivity contribution is 5.79. The molecule has 96 valence electrons. The van der Waals surface area contributed by atoms with Gasteiger partial charge in [0, 0.05) is 18.8 Å². The summed E-state index contributed by atoms with van der Waals surface area (Å²) >= 11 is 0. The van der Waals surface area contributed by atoms with Crippen molar-refractivity contribution in [2.45, 2.75) is 0 Å². The molecule has 0 amide bonds. The number of hydrogen-bond acceptors (Lipinski definition) is 2. The fourth-order valence-electron chi connectivity index (χ4n) is 1.96. The Kier molecular flexibility index (Phi) is 2.67. The number of benzene rings is 2. The summed E-state index contributed by atoms with van der Waals surface area (Å²) in [5, 5.41) is 2.97. The van der Waals surface area contributed by atoms with Gasteiger partial charge < -0.3 is 9.88 Å². The number of rotatable bonds is 2. The average molecular weight is 259 g/mol. The molecule has 5 heteroatoms. The standard InChI is InChI=1S/C14H11F2N3/c1-19-13-5-3-2-4-12(13)18-14(19)17-9-6-7-10(15)11(16)8-9/h2-8H,1H3,(H,17,18). The summed E-state index contributed by atoms with van der Waals surface area (Å²) in [6, 6.07) is 11.3.